The van der Waals surface area contributed by atoms with Gasteiger partial charge in [0.15, 0.2) is 5.69 Å². The molecule has 5 rings (SSSR count). The van der Waals surface area contributed by atoms with Gasteiger partial charge in [-0.05, 0) is 57.2 Å². The van der Waals surface area contributed by atoms with Gasteiger partial charge in [0.1, 0.15) is 25.1 Å². The lowest BCUT2D eigenvalue weighted by atomic mass is 9.83. The largest absolute Gasteiger partial charge is 0.431 e. The number of hydrogen-bond donors (Lipinski definition) is 2. The van der Waals surface area contributed by atoms with Crippen molar-refractivity contribution in [1.82, 2.24) is 19.9 Å². The molecule has 0 unspecified atom stereocenters. The quantitative estimate of drug-likeness (QED) is 0.500. The molecule has 1 aromatic carbocycles. The summed E-state index contributed by atoms with van der Waals surface area (Å²) in [5, 5.41) is 22.5. The van der Waals surface area contributed by atoms with Crippen LogP contribution in [0.2, 0.25) is 0 Å². The number of halogens is 1. The first-order chi connectivity index (χ1) is 18.3. The number of rotatable bonds is 6. The van der Waals surface area contributed by atoms with E-state index in [-0.39, 0.29) is 23.5 Å². The Morgan fingerprint density at radius 3 is 2.79 bits per heavy atom. The lowest BCUT2D eigenvalue weighted by Gasteiger charge is -2.37. The fraction of sp³-hybridized carbons (Fsp3) is 0.444. The summed E-state index contributed by atoms with van der Waals surface area (Å²) in [6.45, 7) is 5.20. The molecule has 0 radical (unpaired) electrons. The molecular weight excluding hydrogens is 489 g/mol. The van der Waals surface area contributed by atoms with Crippen molar-refractivity contribution in [3.63, 3.8) is 0 Å². The number of oxazole rings is 1. The fourth-order valence-corrected chi connectivity index (χ4v) is 5.16. The van der Waals surface area contributed by atoms with E-state index in [1.807, 2.05) is 26.0 Å². The predicted octanol–water partition coefficient (Wildman–Crippen LogP) is 3.74. The zero-order valence-corrected chi connectivity index (χ0v) is 21.4. The molecule has 2 aliphatic rings. The molecule has 11 heteroatoms. The second-order valence-corrected chi connectivity index (χ2v) is 10.3. The number of anilines is 3. The Bertz CT molecular complexity index is 1370. The van der Waals surface area contributed by atoms with Crippen molar-refractivity contribution in [2.45, 2.75) is 51.9 Å². The zero-order chi connectivity index (χ0) is 26.9. The van der Waals surface area contributed by atoms with E-state index in [1.165, 1.54) is 12.6 Å². The van der Waals surface area contributed by atoms with Crippen LogP contribution in [0.3, 0.4) is 0 Å². The molecule has 0 atom stereocenters. The second-order valence-electron chi connectivity index (χ2n) is 10.3. The van der Waals surface area contributed by atoms with Gasteiger partial charge in [-0.15, -0.1) is 0 Å². The Hall–Kier alpha value is -4.04. The molecule has 2 aliphatic heterocycles. The van der Waals surface area contributed by atoms with E-state index in [1.54, 1.807) is 17.0 Å². The average Bonchev–Trinajstić information content (AvgIpc) is 3.40. The van der Waals surface area contributed by atoms with Crippen molar-refractivity contribution in [1.29, 1.82) is 5.26 Å². The third-order valence-electron chi connectivity index (χ3n) is 7.46. The second kappa shape index (κ2) is 10.4. The normalized spacial score (nSPS) is 16.2. The fourth-order valence-electron chi connectivity index (χ4n) is 5.16. The Morgan fingerprint density at radius 1 is 1.29 bits per heavy atom. The van der Waals surface area contributed by atoms with Gasteiger partial charge < -0.3 is 19.3 Å². The van der Waals surface area contributed by atoms with E-state index in [9.17, 15) is 19.6 Å². The van der Waals surface area contributed by atoms with Gasteiger partial charge in [-0.3, -0.25) is 10.1 Å². The number of nitriles is 1. The molecule has 2 aromatic heterocycles. The number of benzene rings is 1. The van der Waals surface area contributed by atoms with Crippen LogP contribution < -0.4 is 10.2 Å². The van der Waals surface area contributed by atoms with Crippen LogP contribution in [0.15, 0.2) is 35.2 Å². The molecule has 1 amide bonds. The number of aromatic nitrogens is 3. The third-order valence-corrected chi connectivity index (χ3v) is 7.46. The minimum Gasteiger partial charge on any atom is -0.431 e. The summed E-state index contributed by atoms with van der Waals surface area (Å²) in [5.41, 5.74) is 2.74. The Labute approximate surface area is 220 Å². The van der Waals surface area contributed by atoms with Crippen LogP contribution in [0.5, 0.6) is 0 Å². The number of aliphatic hydroxyl groups is 1. The highest BCUT2D eigenvalue weighted by atomic mass is 19.1. The summed E-state index contributed by atoms with van der Waals surface area (Å²) < 4.78 is 18.9. The molecule has 10 nitrogen and oxygen atoms in total. The van der Waals surface area contributed by atoms with Crippen LogP contribution in [0.1, 0.15) is 59.6 Å². The van der Waals surface area contributed by atoms with Crippen molar-refractivity contribution in [2.24, 2.45) is 5.92 Å². The lowest BCUT2D eigenvalue weighted by Crippen LogP contribution is -2.44. The number of piperidine rings is 1. The summed E-state index contributed by atoms with van der Waals surface area (Å²) in [7, 11) is 0. The number of carbonyl (C=O) groups is 1. The number of carbonyl (C=O) groups excluding carboxylic acids is 1. The van der Waals surface area contributed by atoms with Crippen molar-refractivity contribution in [3.8, 4) is 6.07 Å². The van der Waals surface area contributed by atoms with E-state index in [0.29, 0.717) is 49.5 Å². The van der Waals surface area contributed by atoms with Gasteiger partial charge in [0.2, 0.25) is 0 Å². The number of fused-ring (bicyclic) bond motifs is 1. The maximum absolute atomic E-state index is 13.4. The van der Waals surface area contributed by atoms with Crippen LogP contribution >= 0.6 is 0 Å². The van der Waals surface area contributed by atoms with Crippen LogP contribution in [0.25, 0.3) is 0 Å². The standard InChI is InChI=1S/C27H30FN7O3/c1-27(2,37)19-5-8-34(9-6-19)25(36)23-15-38-26(32-23)33-24-21-7-10-35(14-22(21)30-16-31-24)20-4-3-17(13-29)18(11-20)12-28/h3-4,11,15-16,19,37H,5-10,12,14H2,1-2H3,(H,30,31,32,33). The van der Waals surface area contributed by atoms with Gasteiger partial charge in [0, 0.05) is 36.4 Å². The molecule has 1 fully saturated rings. The number of nitrogens with one attached hydrogen (secondary N) is 1. The zero-order valence-electron chi connectivity index (χ0n) is 21.4. The molecule has 0 aliphatic carbocycles. The van der Waals surface area contributed by atoms with Gasteiger partial charge in [0.05, 0.1) is 29.5 Å². The Kier molecular flexibility index (Phi) is 6.99. The number of likely N-dealkylation sites (tertiary alicyclic amines) is 1. The van der Waals surface area contributed by atoms with Crippen LogP contribution in [0.4, 0.5) is 21.9 Å². The Morgan fingerprint density at radius 2 is 2.08 bits per heavy atom. The van der Waals surface area contributed by atoms with Gasteiger partial charge in [-0.2, -0.15) is 10.2 Å². The summed E-state index contributed by atoms with van der Waals surface area (Å²) >= 11 is 0. The van der Waals surface area contributed by atoms with Crippen molar-refractivity contribution in [3.05, 3.63) is 58.9 Å². The molecule has 0 spiro atoms. The van der Waals surface area contributed by atoms with Gasteiger partial charge in [-0.25, -0.2) is 14.4 Å². The number of alkyl halides is 1. The van der Waals surface area contributed by atoms with E-state index in [2.05, 4.69) is 25.2 Å². The smallest absolute Gasteiger partial charge is 0.301 e. The van der Waals surface area contributed by atoms with Crippen molar-refractivity contribution in [2.75, 3.05) is 29.9 Å². The first-order valence-electron chi connectivity index (χ1n) is 12.7. The molecule has 1 saturated heterocycles. The molecule has 198 valence electrons. The molecular formula is C27H30FN7O3. The molecule has 38 heavy (non-hydrogen) atoms. The highest BCUT2D eigenvalue weighted by molar-refractivity contribution is 5.92. The third kappa shape index (κ3) is 5.17. The molecule has 0 bridgehead atoms. The summed E-state index contributed by atoms with van der Waals surface area (Å²) in [6, 6.07) is 7.37. The monoisotopic (exact) mass is 519 g/mol. The van der Waals surface area contributed by atoms with Crippen LogP contribution in [-0.2, 0) is 19.6 Å². The van der Waals surface area contributed by atoms with Crippen molar-refractivity contribution < 1.29 is 18.7 Å². The van der Waals surface area contributed by atoms with Gasteiger partial charge in [0.25, 0.3) is 5.91 Å². The molecule has 4 heterocycles. The van der Waals surface area contributed by atoms with E-state index in [4.69, 9.17) is 4.42 Å². The minimum atomic E-state index is -0.757. The molecule has 0 saturated carbocycles. The van der Waals surface area contributed by atoms with Crippen LogP contribution in [-0.4, -0.2) is 56.1 Å². The minimum absolute atomic E-state index is 0.156. The molecule has 3 aromatic rings. The van der Waals surface area contributed by atoms with E-state index < -0.39 is 12.3 Å². The van der Waals surface area contributed by atoms with E-state index in [0.717, 1.165) is 29.8 Å². The summed E-state index contributed by atoms with van der Waals surface area (Å²) in [4.78, 5) is 29.9. The topological polar surface area (TPSA) is 131 Å². The number of hydrogen-bond acceptors (Lipinski definition) is 9. The highest BCUT2D eigenvalue weighted by Crippen LogP contribution is 2.31. The predicted molar refractivity (Wildman–Crippen MR) is 137 cm³/mol. The first kappa shape index (κ1) is 25.6. The summed E-state index contributed by atoms with van der Waals surface area (Å²) in [5.74, 6) is 0.515. The lowest BCUT2D eigenvalue weighted by molar-refractivity contribution is -0.0109. The molecule has 2 N–H and O–H groups in total. The van der Waals surface area contributed by atoms with Crippen molar-refractivity contribution >= 4 is 23.4 Å². The maximum Gasteiger partial charge on any atom is 0.301 e. The average molecular weight is 520 g/mol. The number of nitrogens with zero attached hydrogens (tertiary/aromatic N) is 6. The van der Waals surface area contributed by atoms with Crippen LogP contribution in [0, 0.1) is 17.2 Å². The van der Waals surface area contributed by atoms with Gasteiger partial charge in [-0.1, -0.05) is 0 Å². The maximum atomic E-state index is 13.4. The highest BCUT2D eigenvalue weighted by Gasteiger charge is 2.33. The Balaban J connectivity index is 1.26. The first-order valence-corrected chi connectivity index (χ1v) is 12.7. The SMILES string of the molecule is CC(C)(O)C1CCN(C(=O)c2coc(Nc3ncnc4c3CCN(c3ccc(C#N)c(CF)c3)C4)n2)CC1. The van der Waals surface area contributed by atoms with Gasteiger partial charge >= 0.3 is 6.01 Å². The summed E-state index contributed by atoms with van der Waals surface area (Å²) in [6.07, 6.45) is 4.90. The van der Waals surface area contributed by atoms with E-state index >= 15 is 0 Å². The number of amides is 1.